The third-order valence-electron chi connectivity index (χ3n) is 1.10. The summed E-state index contributed by atoms with van der Waals surface area (Å²) in [4.78, 5) is 10.9. The van der Waals surface area contributed by atoms with E-state index in [0.29, 0.717) is 18.9 Å². The zero-order chi connectivity index (χ0) is 7.98. The van der Waals surface area contributed by atoms with Gasteiger partial charge in [-0.25, -0.2) is 0 Å². The minimum Gasteiger partial charge on any atom is -0.298 e. The fraction of sp³-hybridized carbons (Fsp3) is 0.857. The highest BCUT2D eigenvalue weighted by atomic mass is 16.1. The maximum Gasteiger partial charge on any atom is 0.148 e. The lowest BCUT2D eigenvalue weighted by Crippen LogP contribution is -2.33. The number of carbonyl (C=O) groups excluding carboxylic acids is 1. The van der Waals surface area contributed by atoms with Gasteiger partial charge in [0.2, 0.25) is 0 Å². The molecule has 10 heavy (non-hydrogen) atoms. The van der Waals surface area contributed by atoms with E-state index in [4.69, 9.17) is 0 Å². The summed E-state index contributed by atoms with van der Waals surface area (Å²) >= 11 is 0. The minimum atomic E-state index is 0.254. The molecule has 0 rings (SSSR count). The van der Waals surface area contributed by atoms with Crippen molar-refractivity contribution in [3.05, 3.63) is 0 Å². The van der Waals surface area contributed by atoms with E-state index in [0.717, 1.165) is 0 Å². The van der Waals surface area contributed by atoms with E-state index in [2.05, 4.69) is 10.9 Å². The highest BCUT2D eigenvalue weighted by molar-refractivity contribution is 5.80. The van der Waals surface area contributed by atoms with Crippen LogP contribution in [0.1, 0.15) is 20.3 Å². The largest absolute Gasteiger partial charge is 0.298 e. The van der Waals surface area contributed by atoms with Crippen molar-refractivity contribution in [2.24, 2.45) is 5.92 Å². The van der Waals surface area contributed by atoms with Gasteiger partial charge in [0.15, 0.2) is 0 Å². The standard InChI is InChI=1S/C7H16N2O/c1-6(2)4-7(10)5-9-8-3/h6,8-9H,4-5H2,1-3H3. The Kier molecular flexibility index (Phi) is 5.16. The van der Waals surface area contributed by atoms with E-state index in [1.54, 1.807) is 7.05 Å². The lowest BCUT2D eigenvalue weighted by atomic mass is 10.1. The van der Waals surface area contributed by atoms with E-state index in [9.17, 15) is 4.79 Å². The molecule has 0 heterocycles. The van der Waals surface area contributed by atoms with Crippen molar-refractivity contribution in [3.63, 3.8) is 0 Å². The van der Waals surface area contributed by atoms with Crippen LogP contribution in [0.4, 0.5) is 0 Å². The number of carbonyl (C=O) groups is 1. The Balaban J connectivity index is 3.26. The SMILES string of the molecule is CNNCC(=O)CC(C)C. The summed E-state index contributed by atoms with van der Waals surface area (Å²) in [5.74, 6) is 0.718. The predicted molar refractivity (Wildman–Crippen MR) is 41.5 cm³/mol. The summed E-state index contributed by atoms with van der Waals surface area (Å²) in [5, 5.41) is 0. The predicted octanol–water partition coefficient (Wildman–Crippen LogP) is 0.326. The topological polar surface area (TPSA) is 41.1 Å². The van der Waals surface area contributed by atoms with Crippen LogP contribution in [0.5, 0.6) is 0 Å². The molecule has 3 heteroatoms. The summed E-state index contributed by atoms with van der Waals surface area (Å²) in [6.45, 7) is 4.50. The Bertz CT molecular complexity index is 102. The van der Waals surface area contributed by atoms with Gasteiger partial charge in [-0.15, -0.1) is 0 Å². The van der Waals surface area contributed by atoms with Gasteiger partial charge in [-0.1, -0.05) is 13.8 Å². The van der Waals surface area contributed by atoms with E-state index < -0.39 is 0 Å². The molecule has 0 saturated heterocycles. The van der Waals surface area contributed by atoms with Crippen molar-refractivity contribution < 1.29 is 4.79 Å². The van der Waals surface area contributed by atoms with Gasteiger partial charge in [0.25, 0.3) is 0 Å². The number of nitrogens with one attached hydrogen (secondary N) is 2. The van der Waals surface area contributed by atoms with Crippen molar-refractivity contribution in [3.8, 4) is 0 Å². The quantitative estimate of drug-likeness (QED) is 0.546. The molecule has 0 aliphatic carbocycles. The van der Waals surface area contributed by atoms with Gasteiger partial charge in [-0.2, -0.15) is 0 Å². The fourth-order valence-electron chi connectivity index (χ4n) is 0.714. The first-order chi connectivity index (χ1) is 4.66. The molecule has 2 N–H and O–H groups in total. The number of hydrogen-bond acceptors (Lipinski definition) is 3. The van der Waals surface area contributed by atoms with Crippen molar-refractivity contribution in [2.75, 3.05) is 13.6 Å². The molecule has 0 spiro atoms. The van der Waals surface area contributed by atoms with Crippen molar-refractivity contribution in [1.29, 1.82) is 0 Å². The summed E-state index contributed by atoms with van der Waals surface area (Å²) in [6.07, 6.45) is 0.661. The average molecular weight is 144 g/mol. The summed E-state index contributed by atoms with van der Waals surface area (Å²) in [6, 6.07) is 0. The Morgan fingerprint density at radius 3 is 2.50 bits per heavy atom. The number of ketones is 1. The first-order valence-corrected chi connectivity index (χ1v) is 3.58. The van der Waals surface area contributed by atoms with E-state index in [1.165, 1.54) is 0 Å². The molecule has 60 valence electrons. The Hall–Kier alpha value is -0.410. The molecule has 0 radical (unpaired) electrons. The molecule has 0 aromatic heterocycles. The van der Waals surface area contributed by atoms with Gasteiger partial charge in [0, 0.05) is 6.42 Å². The highest BCUT2D eigenvalue weighted by Gasteiger charge is 2.02. The molecule has 3 nitrogen and oxygen atoms in total. The van der Waals surface area contributed by atoms with Crippen molar-refractivity contribution >= 4 is 5.78 Å². The Morgan fingerprint density at radius 2 is 2.10 bits per heavy atom. The first-order valence-electron chi connectivity index (χ1n) is 3.58. The number of Topliss-reactive ketones (excluding diaryl/α,β-unsaturated/α-hetero) is 1. The van der Waals surface area contributed by atoms with Gasteiger partial charge < -0.3 is 0 Å². The highest BCUT2D eigenvalue weighted by Crippen LogP contribution is 1.98. The third kappa shape index (κ3) is 5.72. The summed E-state index contributed by atoms with van der Waals surface area (Å²) in [5.41, 5.74) is 5.45. The second-order valence-corrected chi connectivity index (χ2v) is 2.74. The molecule has 0 amide bonds. The van der Waals surface area contributed by atoms with E-state index >= 15 is 0 Å². The molecule has 0 aromatic rings. The van der Waals surface area contributed by atoms with Crippen molar-refractivity contribution in [1.82, 2.24) is 10.9 Å². The monoisotopic (exact) mass is 144 g/mol. The maximum absolute atomic E-state index is 10.9. The smallest absolute Gasteiger partial charge is 0.148 e. The molecular formula is C7H16N2O. The van der Waals surface area contributed by atoms with Crippen molar-refractivity contribution in [2.45, 2.75) is 20.3 Å². The van der Waals surface area contributed by atoms with Crippen LogP contribution in [-0.2, 0) is 4.79 Å². The van der Waals surface area contributed by atoms with Crippen LogP contribution < -0.4 is 10.9 Å². The molecule has 0 saturated carbocycles. The third-order valence-corrected chi connectivity index (χ3v) is 1.10. The molecule has 0 fully saturated rings. The van der Waals surface area contributed by atoms with Crippen LogP contribution in [0.25, 0.3) is 0 Å². The Morgan fingerprint density at radius 1 is 1.50 bits per heavy atom. The number of hydrogen-bond donors (Lipinski definition) is 2. The van der Waals surface area contributed by atoms with Gasteiger partial charge in [0.1, 0.15) is 5.78 Å². The average Bonchev–Trinajstić information content (AvgIpc) is 1.82. The van der Waals surface area contributed by atoms with Gasteiger partial charge in [0.05, 0.1) is 6.54 Å². The van der Waals surface area contributed by atoms with Crippen LogP contribution in [0, 0.1) is 5.92 Å². The second-order valence-electron chi connectivity index (χ2n) is 2.74. The van der Waals surface area contributed by atoms with E-state index in [1.807, 2.05) is 13.8 Å². The zero-order valence-electron chi connectivity index (χ0n) is 6.90. The maximum atomic E-state index is 10.9. The minimum absolute atomic E-state index is 0.254. The molecule has 0 aliphatic rings. The van der Waals surface area contributed by atoms with Crippen LogP contribution in [0.3, 0.4) is 0 Å². The van der Waals surface area contributed by atoms with E-state index in [-0.39, 0.29) is 5.78 Å². The number of rotatable bonds is 5. The Labute approximate surface area is 62.2 Å². The van der Waals surface area contributed by atoms with Gasteiger partial charge >= 0.3 is 0 Å². The molecular weight excluding hydrogens is 128 g/mol. The van der Waals surface area contributed by atoms with Crippen LogP contribution >= 0.6 is 0 Å². The lowest BCUT2D eigenvalue weighted by molar-refractivity contribution is -0.119. The van der Waals surface area contributed by atoms with Gasteiger partial charge in [-0.05, 0) is 13.0 Å². The zero-order valence-corrected chi connectivity index (χ0v) is 6.90. The molecule has 0 atom stereocenters. The first kappa shape index (κ1) is 9.59. The molecule has 0 aromatic carbocycles. The summed E-state index contributed by atoms with van der Waals surface area (Å²) < 4.78 is 0. The van der Waals surface area contributed by atoms with Gasteiger partial charge in [-0.3, -0.25) is 15.6 Å². The molecule has 0 unspecified atom stereocenters. The lowest BCUT2D eigenvalue weighted by Gasteiger charge is -2.03. The summed E-state index contributed by atoms with van der Waals surface area (Å²) in [7, 11) is 1.75. The molecule has 0 bridgehead atoms. The van der Waals surface area contributed by atoms with Crippen LogP contribution in [0.15, 0.2) is 0 Å². The van der Waals surface area contributed by atoms with Crippen LogP contribution in [-0.4, -0.2) is 19.4 Å². The van der Waals surface area contributed by atoms with Crippen LogP contribution in [0.2, 0.25) is 0 Å². The normalized spacial score (nSPS) is 10.4. The second kappa shape index (κ2) is 5.38. The fourth-order valence-corrected chi connectivity index (χ4v) is 0.714. The molecule has 0 aliphatic heterocycles. The number of hydrazine groups is 1.